The van der Waals surface area contributed by atoms with Crippen molar-refractivity contribution in [1.29, 1.82) is 5.26 Å². The Bertz CT molecular complexity index is 1130. The van der Waals surface area contributed by atoms with Crippen molar-refractivity contribution < 1.29 is 19.1 Å². The number of hydrogen-bond acceptors (Lipinski definition) is 6. The van der Waals surface area contributed by atoms with Crippen LogP contribution in [0.4, 0.5) is 9.80 Å². The first kappa shape index (κ1) is 21.9. The summed E-state index contributed by atoms with van der Waals surface area (Å²) in [5, 5.41) is 13.2. The summed E-state index contributed by atoms with van der Waals surface area (Å²) in [6, 6.07) is 9.71. The molecule has 7 nitrogen and oxygen atoms in total. The molecule has 3 heterocycles. The fourth-order valence-corrected chi connectivity index (χ4v) is 5.40. The van der Waals surface area contributed by atoms with Crippen LogP contribution in [0, 0.1) is 11.3 Å². The summed E-state index contributed by atoms with van der Waals surface area (Å²) < 4.78 is 11.1. The van der Waals surface area contributed by atoms with E-state index < -0.39 is 5.60 Å². The van der Waals surface area contributed by atoms with Crippen molar-refractivity contribution in [2.24, 2.45) is 0 Å². The molecule has 166 valence electrons. The first-order chi connectivity index (χ1) is 15.3. The molecule has 1 fully saturated rings. The number of para-hydroxylation sites is 1. The van der Waals surface area contributed by atoms with Crippen LogP contribution in [0.25, 0.3) is 6.08 Å². The Balaban J connectivity index is 1.54. The lowest BCUT2D eigenvalue weighted by Gasteiger charge is -2.44. The van der Waals surface area contributed by atoms with E-state index in [0.29, 0.717) is 42.3 Å². The van der Waals surface area contributed by atoms with Crippen molar-refractivity contribution in [1.82, 2.24) is 4.90 Å². The topological polar surface area (TPSA) is 91.7 Å². The van der Waals surface area contributed by atoms with Gasteiger partial charge < -0.3 is 14.8 Å². The normalized spacial score (nSPS) is 19.0. The molecule has 1 aromatic heterocycles. The number of carbonyl (C=O) groups excluding carboxylic acids is 2. The van der Waals surface area contributed by atoms with Crippen LogP contribution in [0.2, 0.25) is 0 Å². The molecular formula is C24H25N3O4S. The maximum absolute atomic E-state index is 12.6. The highest BCUT2D eigenvalue weighted by Gasteiger charge is 2.43. The molecule has 0 bridgehead atoms. The number of benzene rings is 1. The van der Waals surface area contributed by atoms with E-state index in [4.69, 9.17) is 9.47 Å². The molecule has 0 saturated carbocycles. The first-order valence-corrected chi connectivity index (χ1v) is 11.4. The minimum Gasteiger partial charge on any atom is -0.493 e. The van der Waals surface area contributed by atoms with E-state index in [1.165, 1.54) is 17.4 Å². The third-order valence-corrected chi connectivity index (χ3v) is 6.72. The zero-order chi connectivity index (χ0) is 22.9. The molecule has 32 heavy (non-hydrogen) atoms. The van der Waals surface area contributed by atoms with E-state index >= 15 is 0 Å². The molecule has 2 aromatic rings. The van der Waals surface area contributed by atoms with Crippen molar-refractivity contribution in [3.05, 3.63) is 51.9 Å². The van der Waals surface area contributed by atoms with E-state index in [1.807, 2.05) is 45.0 Å². The Kier molecular flexibility index (Phi) is 5.94. The van der Waals surface area contributed by atoms with Gasteiger partial charge in [-0.1, -0.05) is 18.2 Å². The molecule has 4 rings (SSSR count). The zero-order valence-electron chi connectivity index (χ0n) is 18.3. The number of nitrogens with one attached hydrogen (secondary N) is 1. The summed E-state index contributed by atoms with van der Waals surface area (Å²) in [4.78, 5) is 27.7. The van der Waals surface area contributed by atoms with Gasteiger partial charge in [-0.2, -0.15) is 5.26 Å². The number of hydrogen-bond donors (Lipinski definition) is 1. The van der Waals surface area contributed by atoms with Gasteiger partial charge in [0, 0.05) is 29.0 Å². The van der Waals surface area contributed by atoms with Gasteiger partial charge in [-0.05, 0) is 44.9 Å². The fraction of sp³-hybridized carbons (Fsp3) is 0.375. The number of nitriles is 1. The number of fused-ring (bicyclic) bond motifs is 2. The number of carbonyl (C=O) groups is 2. The molecular weight excluding hydrogens is 426 g/mol. The lowest BCUT2D eigenvalue weighted by atomic mass is 9.88. The standard InChI is InChI=1S/C24H25N3O4S/c1-4-30-19-8-6-5-7-15(19)9-10-21(28)26-22-18(13-25)17-11-16-12-24(2,3)31-23(29)27(16)14-20(17)32-22/h5-10,16H,4,11-12,14H2,1-3H3,(H,26,28). The highest BCUT2D eigenvalue weighted by atomic mass is 32.1. The monoisotopic (exact) mass is 451 g/mol. The average Bonchev–Trinajstić information content (AvgIpc) is 3.07. The van der Waals surface area contributed by atoms with Gasteiger partial charge in [0.2, 0.25) is 5.91 Å². The van der Waals surface area contributed by atoms with Crippen LogP contribution in [0.15, 0.2) is 30.3 Å². The molecule has 8 heteroatoms. The maximum atomic E-state index is 12.6. The average molecular weight is 452 g/mol. The quantitative estimate of drug-likeness (QED) is 0.665. The fourth-order valence-electron chi connectivity index (χ4n) is 4.22. The van der Waals surface area contributed by atoms with Crippen molar-refractivity contribution in [2.75, 3.05) is 11.9 Å². The van der Waals surface area contributed by atoms with E-state index in [1.54, 1.807) is 11.0 Å². The number of anilines is 1. The number of thiophene rings is 1. The molecule has 2 aliphatic rings. The molecule has 2 aliphatic heterocycles. The Morgan fingerprint density at radius 2 is 2.22 bits per heavy atom. The van der Waals surface area contributed by atoms with Crippen molar-refractivity contribution in [3.63, 3.8) is 0 Å². The SMILES string of the molecule is CCOc1ccccc1C=CC(=O)Nc1sc2c(c1C#N)CC1CC(C)(C)OC(=O)N1C2. The lowest BCUT2D eigenvalue weighted by molar-refractivity contribution is -0.111. The van der Waals surface area contributed by atoms with Crippen molar-refractivity contribution >= 4 is 34.4 Å². The minimum absolute atomic E-state index is 0.0148. The van der Waals surface area contributed by atoms with Crippen molar-refractivity contribution in [2.45, 2.75) is 51.8 Å². The Labute approximate surface area is 191 Å². The summed E-state index contributed by atoms with van der Waals surface area (Å²) in [5.41, 5.74) is 1.68. The van der Waals surface area contributed by atoms with Crippen LogP contribution in [0.5, 0.6) is 5.75 Å². The van der Waals surface area contributed by atoms with Gasteiger partial charge in [0.25, 0.3) is 0 Å². The highest BCUT2D eigenvalue weighted by molar-refractivity contribution is 7.16. The number of rotatable bonds is 5. The number of amides is 2. The highest BCUT2D eigenvalue weighted by Crippen LogP contribution is 2.42. The largest absolute Gasteiger partial charge is 0.493 e. The van der Waals surface area contributed by atoms with Gasteiger partial charge in [0.05, 0.1) is 18.7 Å². The van der Waals surface area contributed by atoms with E-state index in [2.05, 4.69) is 11.4 Å². The molecule has 1 saturated heterocycles. The van der Waals surface area contributed by atoms with E-state index in [0.717, 1.165) is 16.0 Å². The van der Waals surface area contributed by atoms with Crippen LogP contribution in [-0.2, 0) is 22.5 Å². The van der Waals surface area contributed by atoms with E-state index in [-0.39, 0.29) is 18.0 Å². The van der Waals surface area contributed by atoms with Crippen molar-refractivity contribution in [3.8, 4) is 11.8 Å². The summed E-state index contributed by atoms with van der Waals surface area (Å²) in [7, 11) is 0. The number of cyclic esters (lactones) is 1. The predicted octanol–water partition coefficient (Wildman–Crippen LogP) is 4.72. The minimum atomic E-state index is -0.530. The first-order valence-electron chi connectivity index (χ1n) is 10.6. The number of nitrogens with zero attached hydrogens (tertiary/aromatic N) is 2. The molecule has 2 amide bonds. The molecule has 1 atom stereocenters. The summed E-state index contributed by atoms with van der Waals surface area (Å²) in [5.74, 6) is 0.375. The van der Waals surface area contributed by atoms with Crippen LogP contribution in [0.1, 0.15) is 48.8 Å². The lowest BCUT2D eigenvalue weighted by Crippen LogP contribution is -2.54. The zero-order valence-corrected chi connectivity index (χ0v) is 19.1. The second-order valence-electron chi connectivity index (χ2n) is 8.43. The van der Waals surface area contributed by atoms with Gasteiger partial charge in [0.1, 0.15) is 22.4 Å². The van der Waals surface area contributed by atoms with Gasteiger partial charge >= 0.3 is 6.09 Å². The molecule has 1 unspecified atom stereocenters. The molecule has 0 spiro atoms. The van der Waals surface area contributed by atoms with Gasteiger partial charge in [-0.15, -0.1) is 11.3 Å². The Morgan fingerprint density at radius 3 is 2.97 bits per heavy atom. The third kappa shape index (κ3) is 4.34. The van der Waals surface area contributed by atoms with Crippen LogP contribution in [-0.4, -0.2) is 35.2 Å². The van der Waals surface area contributed by atoms with Gasteiger partial charge in [-0.25, -0.2) is 4.79 Å². The Hall–Kier alpha value is -3.31. The summed E-state index contributed by atoms with van der Waals surface area (Å²) in [6.07, 6.45) is 4.08. The molecule has 1 aromatic carbocycles. The second-order valence-corrected chi connectivity index (χ2v) is 9.54. The summed E-state index contributed by atoms with van der Waals surface area (Å²) in [6.45, 7) is 6.63. The summed E-state index contributed by atoms with van der Waals surface area (Å²) >= 11 is 1.34. The smallest absolute Gasteiger partial charge is 0.410 e. The van der Waals surface area contributed by atoms with Crippen LogP contribution < -0.4 is 10.1 Å². The van der Waals surface area contributed by atoms with Crippen LogP contribution >= 0.6 is 11.3 Å². The molecule has 0 radical (unpaired) electrons. The molecule has 1 N–H and O–H groups in total. The van der Waals surface area contributed by atoms with Crippen LogP contribution in [0.3, 0.4) is 0 Å². The Morgan fingerprint density at radius 1 is 1.44 bits per heavy atom. The van der Waals surface area contributed by atoms with Gasteiger partial charge in [0.15, 0.2) is 0 Å². The third-order valence-electron chi connectivity index (χ3n) is 5.59. The number of ether oxygens (including phenoxy) is 2. The predicted molar refractivity (Wildman–Crippen MR) is 123 cm³/mol. The maximum Gasteiger partial charge on any atom is 0.410 e. The second kappa shape index (κ2) is 8.67. The van der Waals surface area contributed by atoms with Gasteiger partial charge in [-0.3, -0.25) is 9.69 Å². The van der Waals surface area contributed by atoms with E-state index in [9.17, 15) is 14.9 Å². The molecule has 0 aliphatic carbocycles.